The molecule has 2 aliphatic heterocycles. The molecule has 0 bridgehead atoms. The zero-order valence-corrected chi connectivity index (χ0v) is 15.4. The fourth-order valence-corrected chi connectivity index (χ4v) is 3.60. The maximum absolute atomic E-state index is 12.3. The number of hydrogen-bond acceptors (Lipinski definition) is 4. The Bertz CT molecular complexity index is 686. The molecule has 6 heteroatoms. The highest BCUT2D eigenvalue weighted by molar-refractivity contribution is 5.99. The molecular formula is C20H26N2O4. The summed E-state index contributed by atoms with van der Waals surface area (Å²) >= 11 is 0. The van der Waals surface area contributed by atoms with E-state index in [0.717, 1.165) is 37.2 Å². The second-order valence-electron chi connectivity index (χ2n) is 7.44. The van der Waals surface area contributed by atoms with Gasteiger partial charge < -0.3 is 14.5 Å². The predicted octanol–water partition coefficient (Wildman–Crippen LogP) is 2.15. The zero-order valence-electron chi connectivity index (χ0n) is 15.4. The van der Waals surface area contributed by atoms with Gasteiger partial charge in [-0.15, -0.1) is 0 Å². The maximum Gasteiger partial charge on any atom is 0.311 e. The predicted molar refractivity (Wildman–Crippen MR) is 97.6 cm³/mol. The Morgan fingerprint density at radius 1 is 1.19 bits per heavy atom. The number of anilines is 1. The van der Waals surface area contributed by atoms with Crippen molar-refractivity contribution < 1.29 is 19.1 Å². The number of piperidine rings is 1. The number of aryl methyl sites for hydroxylation is 1. The number of rotatable bonds is 4. The highest BCUT2D eigenvalue weighted by atomic mass is 16.5. The van der Waals surface area contributed by atoms with Gasteiger partial charge in [0.1, 0.15) is 0 Å². The van der Waals surface area contributed by atoms with Crippen molar-refractivity contribution in [2.75, 3.05) is 31.1 Å². The SMILES string of the molecule is Cc1ccc(N2C[C@@H](C(=O)OCC(=O)N3CCC[C@H](C)C3)CC2=O)cc1. The van der Waals surface area contributed by atoms with Crippen LogP contribution in [0.1, 0.15) is 31.7 Å². The molecule has 6 nitrogen and oxygen atoms in total. The highest BCUT2D eigenvalue weighted by Gasteiger charge is 2.36. The summed E-state index contributed by atoms with van der Waals surface area (Å²) in [5, 5.41) is 0. The summed E-state index contributed by atoms with van der Waals surface area (Å²) in [6.45, 7) is 5.62. The molecule has 2 atom stereocenters. The van der Waals surface area contributed by atoms with Crippen molar-refractivity contribution in [2.24, 2.45) is 11.8 Å². The molecule has 0 saturated carbocycles. The van der Waals surface area contributed by atoms with Gasteiger partial charge in [0.2, 0.25) is 5.91 Å². The molecule has 2 aliphatic rings. The Hall–Kier alpha value is -2.37. The van der Waals surface area contributed by atoms with Crippen molar-refractivity contribution in [3.63, 3.8) is 0 Å². The molecule has 0 aliphatic carbocycles. The molecule has 0 unspecified atom stereocenters. The average molecular weight is 358 g/mol. The molecule has 0 N–H and O–H groups in total. The van der Waals surface area contributed by atoms with Gasteiger partial charge in [0.25, 0.3) is 5.91 Å². The third kappa shape index (κ3) is 4.23. The minimum absolute atomic E-state index is 0.0908. The Kier molecular flexibility index (Phi) is 5.59. The Morgan fingerprint density at radius 3 is 2.62 bits per heavy atom. The van der Waals surface area contributed by atoms with Crippen molar-refractivity contribution in [1.82, 2.24) is 4.90 Å². The number of likely N-dealkylation sites (tertiary alicyclic amines) is 1. The quantitative estimate of drug-likeness (QED) is 0.774. The normalized spacial score (nSPS) is 23.2. The van der Waals surface area contributed by atoms with Crippen LogP contribution in [0.15, 0.2) is 24.3 Å². The topological polar surface area (TPSA) is 66.9 Å². The third-order valence-corrected chi connectivity index (χ3v) is 5.15. The average Bonchev–Trinajstić information content (AvgIpc) is 3.02. The first-order valence-electron chi connectivity index (χ1n) is 9.25. The van der Waals surface area contributed by atoms with Gasteiger partial charge in [0, 0.05) is 31.7 Å². The summed E-state index contributed by atoms with van der Waals surface area (Å²) in [4.78, 5) is 40.1. The Labute approximate surface area is 154 Å². The Balaban J connectivity index is 1.51. The van der Waals surface area contributed by atoms with Gasteiger partial charge in [0.05, 0.1) is 5.92 Å². The lowest BCUT2D eigenvalue weighted by atomic mass is 10.0. The van der Waals surface area contributed by atoms with E-state index in [1.165, 1.54) is 0 Å². The van der Waals surface area contributed by atoms with Gasteiger partial charge in [-0.05, 0) is 37.8 Å². The molecule has 2 amide bonds. The fraction of sp³-hybridized carbons (Fsp3) is 0.550. The summed E-state index contributed by atoms with van der Waals surface area (Å²) < 4.78 is 5.22. The van der Waals surface area contributed by atoms with Crippen LogP contribution in [0, 0.1) is 18.8 Å². The number of ether oxygens (including phenoxy) is 1. The van der Waals surface area contributed by atoms with Crippen LogP contribution in [-0.2, 0) is 19.1 Å². The van der Waals surface area contributed by atoms with Crippen LogP contribution in [-0.4, -0.2) is 48.9 Å². The molecule has 3 rings (SSSR count). The molecule has 0 radical (unpaired) electrons. The summed E-state index contributed by atoms with van der Waals surface area (Å²) in [7, 11) is 0. The number of hydrogen-bond donors (Lipinski definition) is 0. The van der Waals surface area contributed by atoms with E-state index >= 15 is 0 Å². The monoisotopic (exact) mass is 358 g/mol. The first-order valence-corrected chi connectivity index (χ1v) is 9.25. The lowest BCUT2D eigenvalue weighted by molar-refractivity contribution is -0.155. The van der Waals surface area contributed by atoms with Gasteiger partial charge in [0.15, 0.2) is 6.61 Å². The first kappa shape index (κ1) is 18.4. The van der Waals surface area contributed by atoms with Crippen LogP contribution in [0.25, 0.3) is 0 Å². The van der Waals surface area contributed by atoms with Gasteiger partial charge in [-0.2, -0.15) is 0 Å². The minimum Gasteiger partial charge on any atom is -0.455 e. The van der Waals surface area contributed by atoms with Crippen molar-refractivity contribution in [2.45, 2.75) is 33.1 Å². The standard InChI is InChI=1S/C20H26N2O4/c1-14-5-7-17(8-6-14)22-12-16(10-18(22)23)20(25)26-13-19(24)21-9-3-4-15(2)11-21/h5-8,15-16H,3-4,9-13H2,1-2H3/t15-,16-/m0/s1. The van der Waals surface area contributed by atoms with Crippen molar-refractivity contribution in [3.05, 3.63) is 29.8 Å². The number of esters is 1. The third-order valence-electron chi connectivity index (χ3n) is 5.15. The second-order valence-corrected chi connectivity index (χ2v) is 7.44. The molecule has 26 heavy (non-hydrogen) atoms. The number of nitrogens with zero attached hydrogens (tertiary/aromatic N) is 2. The van der Waals surface area contributed by atoms with Crippen molar-refractivity contribution >= 4 is 23.5 Å². The lowest BCUT2D eigenvalue weighted by Gasteiger charge is -2.30. The van der Waals surface area contributed by atoms with Gasteiger partial charge in [-0.3, -0.25) is 14.4 Å². The molecular weight excluding hydrogens is 332 g/mol. The zero-order chi connectivity index (χ0) is 18.7. The number of benzene rings is 1. The van der Waals surface area contributed by atoms with E-state index in [-0.39, 0.29) is 24.8 Å². The second kappa shape index (κ2) is 7.89. The molecule has 0 spiro atoms. The molecule has 1 aromatic carbocycles. The summed E-state index contributed by atoms with van der Waals surface area (Å²) in [6.07, 6.45) is 2.24. The van der Waals surface area contributed by atoms with Crippen LogP contribution in [0.3, 0.4) is 0 Å². The molecule has 2 saturated heterocycles. The van der Waals surface area contributed by atoms with E-state index in [9.17, 15) is 14.4 Å². The summed E-state index contributed by atoms with van der Waals surface area (Å²) in [5.74, 6) is -0.737. The van der Waals surface area contributed by atoms with E-state index in [2.05, 4.69) is 6.92 Å². The molecule has 2 heterocycles. The van der Waals surface area contributed by atoms with Crippen LogP contribution < -0.4 is 4.90 Å². The lowest BCUT2D eigenvalue weighted by Crippen LogP contribution is -2.41. The smallest absolute Gasteiger partial charge is 0.311 e. The molecule has 0 aromatic heterocycles. The number of amides is 2. The van der Waals surface area contributed by atoms with Crippen LogP contribution in [0.2, 0.25) is 0 Å². The Morgan fingerprint density at radius 2 is 1.92 bits per heavy atom. The highest BCUT2D eigenvalue weighted by Crippen LogP contribution is 2.26. The number of carbonyl (C=O) groups is 3. The molecule has 2 fully saturated rings. The van der Waals surface area contributed by atoms with Crippen LogP contribution >= 0.6 is 0 Å². The largest absolute Gasteiger partial charge is 0.455 e. The first-order chi connectivity index (χ1) is 12.4. The van der Waals surface area contributed by atoms with E-state index in [1.807, 2.05) is 31.2 Å². The van der Waals surface area contributed by atoms with Crippen molar-refractivity contribution in [1.29, 1.82) is 0 Å². The van der Waals surface area contributed by atoms with Crippen LogP contribution in [0.5, 0.6) is 0 Å². The minimum atomic E-state index is -0.517. The summed E-state index contributed by atoms with van der Waals surface area (Å²) in [5.41, 5.74) is 1.90. The number of carbonyl (C=O) groups excluding carboxylic acids is 3. The molecule has 140 valence electrons. The maximum atomic E-state index is 12.3. The van der Waals surface area contributed by atoms with Gasteiger partial charge in [-0.25, -0.2) is 0 Å². The fourth-order valence-electron chi connectivity index (χ4n) is 3.60. The van der Waals surface area contributed by atoms with E-state index < -0.39 is 11.9 Å². The molecule has 1 aromatic rings. The summed E-state index contributed by atoms with van der Waals surface area (Å²) in [6, 6.07) is 7.63. The van der Waals surface area contributed by atoms with E-state index in [0.29, 0.717) is 12.5 Å². The van der Waals surface area contributed by atoms with E-state index in [1.54, 1.807) is 9.80 Å². The van der Waals surface area contributed by atoms with Gasteiger partial charge >= 0.3 is 5.97 Å². The van der Waals surface area contributed by atoms with Crippen molar-refractivity contribution in [3.8, 4) is 0 Å². The van der Waals surface area contributed by atoms with E-state index in [4.69, 9.17) is 4.74 Å². The van der Waals surface area contributed by atoms with Crippen LogP contribution in [0.4, 0.5) is 5.69 Å². The van der Waals surface area contributed by atoms with Gasteiger partial charge in [-0.1, -0.05) is 24.6 Å².